The Morgan fingerprint density at radius 1 is 1.20 bits per heavy atom. The predicted octanol–water partition coefficient (Wildman–Crippen LogP) is 3.82. The quantitative estimate of drug-likeness (QED) is 0.378. The molecule has 1 aromatic carbocycles. The van der Waals surface area contributed by atoms with Gasteiger partial charge in [-0.05, 0) is 56.4 Å². The third kappa shape index (κ3) is 2.91. The summed E-state index contributed by atoms with van der Waals surface area (Å²) in [6, 6.07) is 4.37. The molecule has 1 aliphatic carbocycles. The minimum atomic E-state index is 0.0709. The maximum Gasteiger partial charge on any atom is 0.158 e. The number of nitrogens with zero attached hydrogens (tertiary/aromatic N) is 3. The molecule has 0 unspecified atom stereocenters. The van der Waals surface area contributed by atoms with Gasteiger partial charge < -0.3 is 10.2 Å². The zero-order valence-corrected chi connectivity index (χ0v) is 14.6. The number of rotatable bonds is 3. The zero-order chi connectivity index (χ0) is 17.4. The molecule has 0 saturated carbocycles. The number of benzene rings is 1. The number of nitrogens with one attached hydrogen (secondary N) is 1. The second-order valence-corrected chi connectivity index (χ2v) is 7.21. The number of phenols is 2. The molecule has 7 heteroatoms. The Morgan fingerprint density at radius 3 is 2.92 bits per heavy atom. The van der Waals surface area contributed by atoms with Crippen LogP contribution in [0.3, 0.4) is 0 Å². The van der Waals surface area contributed by atoms with Crippen LogP contribution < -0.4 is 5.43 Å². The highest BCUT2D eigenvalue weighted by Crippen LogP contribution is 2.38. The molecule has 0 amide bonds. The van der Waals surface area contributed by atoms with E-state index in [-0.39, 0.29) is 11.5 Å². The molecule has 2 aromatic heterocycles. The molecule has 4 rings (SSSR count). The Balaban J connectivity index is 1.71. The fourth-order valence-electron chi connectivity index (χ4n) is 3.19. The Bertz CT molecular complexity index is 981. The van der Waals surface area contributed by atoms with Gasteiger partial charge in [0.15, 0.2) is 5.82 Å². The molecule has 3 aromatic rings. The largest absolute Gasteiger partial charge is 0.508 e. The first-order valence-corrected chi connectivity index (χ1v) is 9.03. The molecule has 0 radical (unpaired) electrons. The fraction of sp³-hybridized carbons (Fsp3) is 0.278. The maximum atomic E-state index is 9.96. The smallest absolute Gasteiger partial charge is 0.158 e. The van der Waals surface area contributed by atoms with Gasteiger partial charge in [-0.3, -0.25) is 5.43 Å². The van der Waals surface area contributed by atoms with Crippen molar-refractivity contribution in [1.82, 2.24) is 9.97 Å². The van der Waals surface area contributed by atoms with E-state index in [1.165, 1.54) is 41.5 Å². The summed E-state index contributed by atoms with van der Waals surface area (Å²) in [5.74, 6) is 0.837. The summed E-state index contributed by atoms with van der Waals surface area (Å²) in [5, 5.41) is 25.0. The van der Waals surface area contributed by atoms with E-state index in [0.717, 1.165) is 23.1 Å². The van der Waals surface area contributed by atoms with E-state index in [9.17, 15) is 10.2 Å². The summed E-state index contributed by atoms with van der Waals surface area (Å²) >= 11 is 1.74. The third-order valence-electron chi connectivity index (χ3n) is 4.45. The first-order valence-electron chi connectivity index (χ1n) is 8.21. The number of aryl methyl sites for hydroxylation is 2. The highest BCUT2D eigenvalue weighted by Gasteiger charge is 2.19. The summed E-state index contributed by atoms with van der Waals surface area (Å²) in [4.78, 5) is 11.1. The number of phenolic OH excluding ortho intramolecular Hbond substituents is 2. The number of thiophene rings is 1. The van der Waals surface area contributed by atoms with Gasteiger partial charge in [-0.25, -0.2) is 9.97 Å². The van der Waals surface area contributed by atoms with Gasteiger partial charge >= 0.3 is 0 Å². The van der Waals surface area contributed by atoms with Crippen LogP contribution in [0.2, 0.25) is 0 Å². The molecule has 6 nitrogen and oxygen atoms in total. The van der Waals surface area contributed by atoms with Crippen molar-refractivity contribution >= 4 is 33.1 Å². The average Bonchev–Trinajstić information content (AvgIpc) is 3.01. The molecule has 1 aliphatic rings. The Kier molecular flexibility index (Phi) is 4.01. The van der Waals surface area contributed by atoms with Gasteiger partial charge in [0.1, 0.15) is 22.7 Å². The van der Waals surface area contributed by atoms with Gasteiger partial charge in [0, 0.05) is 10.4 Å². The van der Waals surface area contributed by atoms with Crippen molar-refractivity contribution in [2.45, 2.75) is 32.6 Å². The molecule has 0 aliphatic heterocycles. The van der Waals surface area contributed by atoms with E-state index in [2.05, 4.69) is 20.5 Å². The summed E-state index contributed by atoms with van der Waals surface area (Å²) in [6.07, 6.45) is 6.11. The molecular formula is C18H18N4O2S. The zero-order valence-electron chi connectivity index (χ0n) is 13.8. The number of aromatic nitrogens is 2. The summed E-state index contributed by atoms with van der Waals surface area (Å²) in [6.45, 7) is 1.77. The lowest BCUT2D eigenvalue weighted by Crippen LogP contribution is -2.03. The van der Waals surface area contributed by atoms with Crippen LogP contribution in [0.15, 0.2) is 29.6 Å². The van der Waals surface area contributed by atoms with E-state index in [4.69, 9.17) is 0 Å². The lowest BCUT2D eigenvalue weighted by molar-refractivity contribution is 0.459. The fourth-order valence-corrected chi connectivity index (χ4v) is 4.41. The predicted molar refractivity (Wildman–Crippen MR) is 99.7 cm³/mol. The van der Waals surface area contributed by atoms with Crippen LogP contribution in [0.5, 0.6) is 11.5 Å². The number of aromatic hydroxyl groups is 2. The van der Waals surface area contributed by atoms with E-state index < -0.39 is 0 Å². The molecule has 0 atom stereocenters. The van der Waals surface area contributed by atoms with Crippen molar-refractivity contribution in [2.24, 2.45) is 5.10 Å². The van der Waals surface area contributed by atoms with Crippen LogP contribution in [0, 0.1) is 0 Å². The van der Waals surface area contributed by atoms with Crippen molar-refractivity contribution < 1.29 is 10.2 Å². The van der Waals surface area contributed by atoms with Crippen LogP contribution in [0.4, 0.5) is 5.82 Å². The van der Waals surface area contributed by atoms with Crippen LogP contribution in [-0.2, 0) is 12.8 Å². The number of anilines is 1. The van der Waals surface area contributed by atoms with Gasteiger partial charge in [-0.15, -0.1) is 11.3 Å². The lowest BCUT2D eigenvalue weighted by atomic mass is 9.97. The van der Waals surface area contributed by atoms with Crippen molar-refractivity contribution in [3.63, 3.8) is 0 Å². The van der Waals surface area contributed by atoms with Gasteiger partial charge in [0.2, 0.25) is 0 Å². The van der Waals surface area contributed by atoms with Gasteiger partial charge in [0.05, 0.1) is 11.1 Å². The van der Waals surface area contributed by atoms with Crippen molar-refractivity contribution in [1.29, 1.82) is 0 Å². The van der Waals surface area contributed by atoms with E-state index >= 15 is 0 Å². The minimum absolute atomic E-state index is 0.0709. The molecule has 0 bridgehead atoms. The Morgan fingerprint density at radius 2 is 2.04 bits per heavy atom. The first-order chi connectivity index (χ1) is 12.1. The molecule has 2 heterocycles. The molecular weight excluding hydrogens is 336 g/mol. The van der Waals surface area contributed by atoms with Crippen LogP contribution >= 0.6 is 11.3 Å². The van der Waals surface area contributed by atoms with Gasteiger partial charge in [0.25, 0.3) is 0 Å². The lowest BCUT2D eigenvalue weighted by Gasteiger charge is -2.11. The number of hydrazone groups is 1. The number of hydrogen-bond donors (Lipinski definition) is 3. The van der Waals surface area contributed by atoms with Crippen molar-refractivity contribution in [3.05, 3.63) is 40.5 Å². The SMILES string of the molecule is C/C(=N/Nc1ncnc2sc3c(c12)CCCC3)c1cc(O)ccc1O. The second kappa shape index (κ2) is 6.33. The van der Waals surface area contributed by atoms with Crippen LogP contribution in [0.25, 0.3) is 10.2 Å². The highest BCUT2D eigenvalue weighted by molar-refractivity contribution is 7.19. The monoisotopic (exact) mass is 354 g/mol. The van der Waals surface area contributed by atoms with Gasteiger partial charge in [-0.2, -0.15) is 5.10 Å². The van der Waals surface area contributed by atoms with E-state index in [1.54, 1.807) is 24.6 Å². The second-order valence-electron chi connectivity index (χ2n) is 6.12. The molecule has 25 heavy (non-hydrogen) atoms. The van der Waals surface area contributed by atoms with E-state index in [1.807, 2.05) is 0 Å². The molecule has 3 N–H and O–H groups in total. The summed E-state index contributed by atoms with van der Waals surface area (Å²) in [7, 11) is 0. The normalized spacial score (nSPS) is 14.5. The Hall–Kier alpha value is -2.67. The maximum absolute atomic E-state index is 9.96. The molecule has 128 valence electrons. The van der Waals surface area contributed by atoms with Crippen molar-refractivity contribution in [2.75, 3.05) is 5.43 Å². The molecule has 0 saturated heterocycles. The topological polar surface area (TPSA) is 90.6 Å². The van der Waals surface area contributed by atoms with Crippen LogP contribution in [-0.4, -0.2) is 25.9 Å². The molecule has 0 fully saturated rings. The summed E-state index contributed by atoms with van der Waals surface area (Å²) < 4.78 is 0. The third-order valence-corrected chi connectivity index (χ3v) is 5.65. The number of hydrogen-bond acceptors (Lipinski definition) is 7. The van der Waals surface area contributed by atoms with Crippen molar-refractivity contribution in [3.8, 4) is 11.5 Å². The minimum Gasteiger partial charge on any atom is -0.508 e. The highest BCUT2D eigenvalue weighted by atomic mass is 32.1. The first kappa shape index (κ1) is 15.8. The standard InChI is InChI=1S/C18H18N4O2S/c1-10(13-8-11(23)6-7-14(13)24)21-22-17-16-12-4-2-3-5-15(12)25-18(16)20-9-19-17/h6-9,23-24H,2-5H2,1H3,(H,19,20,22)/b21-10-. The average molecular weight is 354 g/mol. The Labute approximate surface area is 148 Å². The van der Waals surface area contributed by atoms with E-state index in [0.29, 0.717) is 17.1 Å². The van der Waals surface area contributed by atoms with Crippen LogP contribution in [0.1, 0.15) is 35.8 Å². The number of fused-ring (bicyclic) bond motifs is 3. The summed E-state index contributed by atoms with van der Waals surface area (Å²) in [5.41, 5.74) is 5.39. The van der Waals surface area contributed by atoms with Gasteiger partial charge in [-0.1, -0.05) is 0 Å². The molecule has 0 spiro atoms.